The number of nitrogens with one attached hydrogen (secondary N) is 1. The Morgan fingerprint density at radius 1 is 1.03 bits per heavy atom. The number of carboxylic acid groups (broad SMARTS) is 1. The first-order chi connectivity index (χ1) is 16.3. The molecule has 4 N–H and O–H groups in total. The third kappa shape index (κ3) is 3.86. The molecule has 0 radical (unpaired) electrons. The van der Waals surface area contributed by atoms with Gasteiger partial charge in [0.05, 0.1) is 21.1 Å². The lowest BCUT2D eigenvalue weighted by molar-refractivity contribution is 0.0692. The van der Waals surface area contributed by atoms with Crippen molar-refractivity contribution in [2.45, 2.75) is 18.4 Å². The predicted molar refractivity (Wildman–Crippen MR) is 133 cm³/mol. The third-order valence-corrected chi connectivity index (χ3v) is 7.32. The second-order valence-corrected chi connectivity index (χ2v) is 9.39. The van der Waals surface area contributed by atoms with Gasteiger partial charge in [0.25, 0.3) is 0 Å². The number of halogens is 3. The zero-order valence-corrected chi connectivity index (χ0v) is 20.0. The Bertz CT molecular complexity index is 1420. The van der Waals surface area contributed by atoms with Crippen molar-refractivity contribution in [3.8, 4) is 11.3 Å². The molecule has 2 aromatic carbocycles. The Labute approximate surface area is 209 Å². The summed E-state index contributed by atoms with van der Waals surface area (Å²) in [6.07, 6.45) is 1.20. The van der Waals surface area contributed by atoms with E-state index in [4.69, 9.17) is 40.5 Å². The molecule has 174 valence electrons. The number of hydrogen-bond donors (Lipinski definition) is 3. The average Bonchev–Trinajstić information content (AvgIpc) is 3.24. The second kappa shape index (κ2) is 8.70. The summed E-state index contributed by atoms with van der Waals surface area (Å²) >= 11 is 18.9. The molecule has 34 heavy (non-hydrogen) atoms. The second-order valence-electron chi connectivity index (χ2n) is 8.20. The van der Waals surface area contributed by atoms with Crippen LogP contribution in [-0.2, 0) is 5.54 Å². The number of piperidine rings is 1. The Hall–Kier alpha value is -2.91. The quantitative estimate of drug-likeness (QED) is 0.343. The number of nitrogens with zero attached hydrogens (tertiary/aromatic N) is 4. The van der Waals surface area contributed by atoms with Gasteiger partial charge >= 0.3 is 5.97 Å². The maximum absolute atomic E-state index is 12.2. The van der Waals surface area contributed by atoms with Crippen LogP contribution in [0.15, 0.2) is 42.5 Å². The van der Waals surface area contributed by atoms with E-state index >= 15 is 0 Å². The zero-order chi connectivity index (χ0) is 24.0. The smallest absolute Gasteiger partial charge is 0.355 e. The maximum Gasteiger partial charge on any atom is 0.355 e. The van der Waals surface area contributed by atoms with Crippen LogP contribution >= 0.6 is 34.8 Å². The molecule has 0 spiro atoms. The topological polar surface area (TPSA) is 121 Å². The summed E-state index contributed by atoms with van der Waals surface area (Å²) in [7, 11) is 0. The summed E-state index contributed by atoms with van der Waals surface area (Å²) in [6, 6.07) is 12.6. The Kier molecular flexibility index (Phi) is 5.85. The van der Waals surface area contributed by atoms with Crippen LogP contribution in [0.2, 0.25) is 15.1 Å². The number of nitrogens with two attached hydrogens (primary N) is 1. The minimum absolute atomic E-state index is 0.171. The molecule has 0 atom stereocenters. The first-order valence-electron chi connectivity index (χ1n) is 10.5. The number of fused-ring (bicyclic) bond motifs is 1. The number of aromatic carboxylic acids is 1. The van der Waals surface area contributed by atoms with E-state index in [9.17, 15) is 9.90 Å². The van der Waals surface area contributed by atoms with E-state index in [2.05, 4.69) is 20.2 Å². The summed E-state index contributed by atoms with van der Waals surface area (Å²) in [5, 5.41) is 18.6. The van der Waals surface area contributed by atoms with Crippen LogP contribution in [0.1, 0.15) is 28.9 Å². The van der Waals surface area contributed by atoms with Crippen LogP contribution in [0, 0.1) is 0 Å². The maximum atomic E-state index is 12.2. The van der Waals surface area contributed by atoms with Gasteiger partial charge < -0.3 is 15.7 Å². The molecule has 3 heterocycles. The van der Waals surface area contributed by atoms with E-state index in [1.165, 1.54) is 0 Å². The van der Waals surface area contributed by atoms with Crippen LogP contribution in [0.5, 0.6) is 0 Å². The van der Waals surface area contributed by atoms with E-state index in [1.54, 1.807) is 18.2 Å². The average molecular weight is 518 g/mol. The standard InChI is InChI=1S/C23H19Cl3N6O2/c24-14-6-2-1-5-13(14)23(27)8-10-32(11-9-23)22-28-19(21(33)34)16-18(30-31-20(16)29-22)12-4-3-7-15(25)17(12)26/h1-7H,8-11,27H2,(H,33,34)(H,28,29,30,31). The lowest BCUT2D eigenvalue weighted by atomic mass is 9.82. The molecule has 5 rings (SSSR count). The van der Waals surface area contributed by atoms with Crippen LogP contribution in [0.25, 0.3) is 22.3 Å². The van der Waals surface area contributed by atoms with Crippen molar-refractivity contribution in [1.29, 1.82) is 0 Å². The van der Waals surface area contributed by atoms with Crippen molar-refractivity contribution in [3.05, 3.63) is 68.8 Å². The number of aromatic nitrogens is 4. The first-order valence-corrected chi connectivity index (χ1v) is 11.6. The summed E-state index contributed by atoms with van der Waals surface area (Å²) in [5.74, 6) is -0.919. The molecule has 4 aromatic rings. The van der Waals surface area contributed by atoms with E-state index < -0.39 is 11.5 Å². The van der Waals surface area contributed by atoms with Crippen molar-refractivity contribution < 1.29 is 9.90 Å². The van der Waals surface area contributed by atoms with Crippen molar-refractivity contribution in [2.75, 3.05) is 18.0 Å². The number of rotatable bonds is 4. The van der Waals surface area contributed by atoms with Gasteiger partial charge in [-0.15, -0.1) is 0 Å². The summed E-state index contributed by atoms with van der Waals surface area (Å²) in [5.41, 5.74) is 7.97. The third-order valence-electron chi connectivity index (χ3n) is 6.17. The minimum atomic E-state index is -1.20. The monoisotopic (exact) mass is 516 g/mol. The fourth-order valence-electron chi connectivity index (χ4n) is 4.34. The van der Waals surface area contributed by atoms with Crippen LogP contribution in [-0.4, -0.2) is 44.3 Å². The fraction of sp³-hybridized carbons (Fsp3) is 0.217. The molecule has 1 saturated heterocycles. The normalized spacial score (nSPS) is 15.6. The molecule has 2 aromatic heterocycles. The highest BCUT2D eigenvalue weighted by molar-refractivity contribution is 6.44. The van der Waals surface area contributed by atoms with Gasteiger partial charge in [0.1, 0.15) is 0 Å². The Morgan fingerprint density at radius 3 is 2.44 bits per heavy atom. The van der Waals surface area contributed by atoms with Gasteiger partial charge in [-0.3, -0.25) is 5.10 Å². The van der Waals surface area contributed by atoms with Crippen LogP contribution in [0.3, 0.4) is 0 Å². The molecular weight excluding hydrogens is 499 g/mol. The predicted octanol–water partition coefficient (Wildman–Crippen LogP) is 5.13. The lowest BCUT2D eigenvalue weighted by Gasteiger charge is -2.40. The van der Waals surface area contributed by atoms with Crippen LogP contribution in [0.4, 0.5) is 5.95 Å². The van der Waals surface area contributed by atoms with Crippen molar-refractivity contribution in [2.24, 2.45) is 5.73 Å². The molecule has 0 amide bonds. The van der Waals surface area contributed by atoms with E-state index in [0.717, 1.165) is 5.56 Å². The number of carboxylic acids is 1. The number of hydrogen-bond acceptors (Lipinski definition) is 6. The molecule has 1 fully saturated rings. The minimum Gasteiger partial charge on any atom is -0.476 e. The van der Waals surface area contributed by atoms with E-state index in [1.807, 2.05) is 29.2 Å². The van der Waals surface area contributed by atoms with Gasteiger partial charge in [-0.1, -0.05) is 65.1 Å². The number of aromatic amines is 1. The highest BCUT2D eigenvalue weighted by Gasteiger charge is 2.35. The summed E-state index contributed by atoms with van der Waals surface area (Å²) in [6.45, 7) is 1.06. The van der Waals surface area contributed by atoms with E-state index in [-0.39, 0.29) is 27.7 Å². The summed E-state index contributed by atoms with van der Waals surface area (Å²) in [4.78, 5) is 23.0. The number of anilines is 1. The van der Waals surface area contributed by atoms with Crippen molar-refractivity contribution >= 4 is 57.8 Å². The number of benzene rings is 2. The van der Waals surface area contributed by atoms with Gasteiger partial charge in [0.2, 0.25) is 5.95 Å². The van der Waals surface area contributed by atoms with Gasteiger partial charge in [-0.05, 0) is 30.5 Å². The van der Waals surface area contributed by atoms with Gasteiger partial charge in [-0.2, -0.15) is 10.1 Å². The molecule has 0 bridgehead atoms. The lowest BCUT2D eigenvalue weighted by Crippen LogP contribution is -2.48. The largest absolute Gasteiger partial charge is 0.476 e. The molecule has 11 heteroatoms. The van der Waals surface area contributed by atoms with Crippen molar-refractivity contribution in [1.82, 2.24) is 20.2 Å². The number of carbonyl (C=O) groups is 1. The molecule has 1 aliphatic rings. The SMILES string of the molecule is NC1(c2ccccc2Cl)CCN(c2nc(C(=O)O)c3c(-c4cccc(Cl)c4Cl)[nH]nc3n2)CC1. The van der Waals surface area contributed by atoms with Gasteiger partial charge in [0, 0.05) is 29.2 Å². The Morgan fingerprint density at radius 2 is 1.74 bits per heavy atom. The fourth-order valence-corrected chi connectivity index (χ4v) is 5.06. The van der Waals surface area contributed by atoms with Gasteiger partial charge in [0.15, 0.2) is 11.3 Å². The molecular formula is C23H19Cl3N6O2. The van der Waals surface area contributed by atoms with Crippen molar-refractivity contribution in [3.63, 3.8) is 0 Å². The highest BCUT2D eigenvalue weighted by atomic mass is 35.5. The molecule has 8 nitrogen and oxygen atoms in total. The van der Waals surface area contributed by atoms with Crippen LogP contribution < -0.4 is 10.6 Å². The molecule has 1 aliphatic heterocycles. The molecule has 0 aliphatic carbocycles. The summed E-state index contributed by atoms with van der Waals surface area (Å²) < 4.78 is 0. The highest BCUT2D eigenvalue weighted by Crippen LogP contribution is 2.38. The zero-order valence-electron chi connectivity index (χ0n) is 17.7. The molecule has 0 saturated carbocycles. The number of H-pyrrole nitrogens is 1. The first kappa shape index (κ1) is 22.9. The Balaban J connectivity index is 1.51. The van der Waals surface area contributed by atoms with Gasteiger partial charge in [-0.25, -0.2) is 9.78 Å². The van der Waals surface area contributed by atoms with E-state index in [0.29, 0.717) is 47.2 Å². The molecule has 0 unspecified atom stereocenters.